The summed E-state index contributed by atoms with van der Waals surface area (Å²) in [5.74, 6) is 0.907. The minimum Gasteiger partial charge on any atom is -0.192 e. The maximum Gasteiger partial charge on any atom is 0.101 e. The highest BCUT2D eigenvalue weighted by atomic mass is 35.5. The predicted molar refractivity (Wildman–Crippen MR) is 76.9 cm³/mol. The van der Waals surface area contributed by atoms with Gasteiger partial charge in [0.25, 0.3) is 0 Å². The first kappa shape index (κ1) is 13.0. The zero-order valence-corrected chi connectivity index (χ0v) is 11.6. The first-order valence-corrected chi connectivity index (χ1v) is 6.93. The standard InChI is InChI=1S/C15H12ClNS/c1-11-3-2-4-12(7-11)10-18-14-6-5-13(9-17)15(16)8-14/h2-8H,10H2,1H3. The van der Waals surface area contributed by atoms with E-state index in [1.165, 1.54) is 11.1 Å². The highest BCUT2D eigenvalue weighted by Crippen LogP contribution is 2.27. The fraction of sp³-hybridized carbons (Fsp3) is 0.133. The van der Waals surface area contributed by atoms with Crippen molar-refractivity contribution in [1.29, 1.82) is 5.26 Å². The minimum absolute atomic E-state index is 0.520. The molecule has 0 heterocycles. The second-order valence-electron chi connectivity index (χ2n) is 4.03. The molecule has 0 saturated carbocycles. The average molecular weight is 274 g/mol. The van der Waals surface area contributed by atoms with E-state index in [-0.39, 0.29) is 0 Å². The van der Waals surface area contributed by atoms with E-state index >= 15 is 0 Å². The van der Waals surface area contributed by atoms with Crippen LogP contribution in [0.1, 0.15) is 16.7 Å². The SMILES string of the molecule is Cc1cccc(CSc2ccc(C#N)c(Cl)c2)c1. The first-order valence-electron chi connectivity index (χ1n) is 5.57. The van der Waals surface area contributed by atoms with Crippen molar-refractivity contribution in [3.63, 3.8) is 0 Å². The molecule has 0 saturated heterocycles. The van der Waals surface area contributed by atoms with Gasteiger partial charge in [-0.2, -0.15) is 5.26 Å². The monoisotopic (exact) mass is 273 g/mol. The third-order valence-electron chi connectivity index (χ3n) is 2.55. The van der Waals surface area contributed by atoms with Crippen LogP contribution >= 0.6 is 23.4 Å². The second kappa shape index (κ2) is 5.95. The summed E-state index contributed by atoms with van der Waals surface area (Å²) in [4.78, 5) is 1.08. The Balaban J connectivity index is 2.07. The second-order valence-corrected chi connectivity index (χ2v) is 5.49. The van der Waals surface area contributed by atoms with Gasteiger partial charge in [-0.05, 0) is 30.7 Å². The number of rotatable bonds is 3. The maximum atomic E-state index is 8.81. The number of nitrogens with zero attached hydrogens (tertiary/aromatic N) is 1. The molecule has 0 amide bonds. The molecule has 0 unspecified atom stereocenters. The Morgan fingerprint density at radius 2 is 2.06 bits per heavy atom. The van der Waals surface area contributed by atoms with Gasteiger partial charge in [-0.1, -0.05) is 41.4 Å². The van der Waals surface area contributed by atoms with Crippen LogP contribution in [0.25, 0.3) is 0 Å². The fourth-order valence-electron chi connectivity index (χ4n) is 1.64. The Morgan fingerprint density at radius 3 is 2.72 bits per heavy atom. The highest BCUT2D eigenvalue weighted by Gasteiger charge is 2.02. The Hall–Kier alpha value is -1.43. The molecule has 0 aliphatic carbocycles. The Labute approximate surface area is 116 Å². The summed E-state index contributed by atoms with van der Waals surface area (Å²) in [7, 11) is 0. The molecular weight excluding hydrogens is 262 g/mol. The number of nitriles is 1. The molecule has 0 spiro atoms. The number of aryl methyl sites for hydroxylation is 1. The maximum absolute atomic E-state index is 8.81. The normalized spacial score (nSPS) is 10.1. The zero-order chi connectivity index (χ0) is 13.0. The zero-order valence-electron chi connectivity index (χ0n) is 9.98. The van der Waals surface area contributed by atoms with Crippen LogP contribution in [0.15, 0.2) is 47.4 Å². The number of hydrogen-bond donors (Lipinski definition) is 0. The van der Waals surface area contributed by atoms with Crippen LogP contribution in [0.5, 0.6) is 0 Å². The van der Waals surface area contributed by atoms with E-state index in [0.29, 0.717) is 10.6 Å². The van der Waals surface area contributed by atoms with Gasteiger partial charge in [0.1, 0.15) is 6.07 Å². The van der Waals surface area contributed by atoms with Crippen molar-refractivity contribution in [3.05, 3.63) is 64.2 Å². The van der Waals surface area contributed by atoms with E-state index < -0.39 is 0 Å². The molecule has 0 aromatic heterocycles. The van der Waals surface area contributed by atoms with Gasteiger partial charge in [-0.3, -0.25) is 0 Å². The topological polar surface area (TPSA) is 23.8 Å². The summed E-state index contributed by atoms with van der Waals surface area (Å²) >= 11 is 7.72. The smallest absolute Gasteiger partial charge is 0.101 e. The molecule has 0 aliphatic rings. The molecule has 2 aromatic carbocycles. The van der Waals surface area contributed by atoms with Crippen LogP contribution < -0.4 is 0 Å². The van der Waals surface area contributed by atoms with E-state index in [0.717, 1.165) is 10.6 Å². The van der Waals surface area contributed by atoms with Gasteiger partial charge in [-0.25, -0.2) is 0 Å². The molecule has 90 valence electrons. The van der Waals surface area contributed by atoms with Crippen LogP contribution in [-0.2, 0) is 5.75 Å². The Kier molecular flexibility index (Phi) is 4.30. The summed E-state index contributed by atoms with van der Waals surface area (Å²) < 4.78 is 0. The summed E-state index contributed by atoms with van der Waals surface area (Å²) in [6, 6.07) is 16.1. The molecule has 0 N–H and O–H groups in total. The van der Waals surface area contributed by atoms with Crippen LogP contribution in [-0.4, -0.2) is 0 Å². The lowest BCUT2D eigenvalue weighted by atomic mass is 10.2. The van der Waals surface area contributed by atoms with Crippen LogP contribution in [0, 0.1) is 18.3 Å². The number of halogens is 1. The third kappa shape index (κ3) is 3.29. The quantitative estimate of drug-likeness (QED) is 0.749. The van der Waals surface area contributed by atoms with Crippen molar-refractivity contribution in [3.8, 4) is 6.07 Å². The van der Waals surface area contributed by atoms with Crippen molar-refractivity contribution >= 4 is 23.4 Å². The third-order valence-corrected chi connectivity index (χ3v) is 3.93. The van der Waals surface area contributed by atoms with Crippen LogP contribution in [0.4, 0.5) is 0 Å². The van der Waals surface area contributed by atoms with Crippen molar-refractivity contribution in [2.45, 2.75) is 17.6 Å². The number of thioether (sulfide) groups is 1. The summed E-state index contributed by atoms with van der Waals surface area (Å²) in [5, 5.41) is 9.33. The molecule has 0 fully saturated rings. The molecule has 0 bridgehead atoms. The Morgan fingerprint density at radius 1 is 1.22 bits per heavy atom. The van der Waals surface area contributed by atoms with E-state index in [2.05, 4.69) is 37.3 Å². The number of hydrogen-bond acceptors (Lipinski definition) is 2. The van der Waals surface area contributed by atoms with Gasteiger partial charge in [0.2, 0.25) is 0 Å². The van der Waals surface area contributed by atoms with Crippen LogP contribution in [0.2, 0.25) is 5.02 Å². The molecule has 0 atom stereocenters. The van der Waals surface area contributed by atoms with Gasteiger partial charge >= 0.3 is 0 Å². The lowest BCUT2D eigenvalue weighted by Crippen LogP contribution is -1.83. The number of benzene rings is 2. The van der Waals surface area contributed by atoms with Gasteiger partial charge in [0.05, 0.1) is 10.6 Å². The van der Waals surface area contributed by atoms with Gasteiger partial charge in [-0.15, -0.1) is 11.8 Å². The first-order chi connectivity index (χ1) is 8.69. The lowest BCUT2D eigenvalue weighted by molar-refractivity contribution is 1.34. The van der Waals surface area contributed by atoms with E-state index in [9.17, 15) is 0 Å². The summed E-state index contributed by atoms with van der Waals surface area (Å²) in [5.41, 5.74) is 3.09. The molecule has 0 aliphatic heterocycles. The largest absolute Gasteiger partial charge is 0.192 e. The molecule has 1 nitrogen and oxygen atoms in total. The lowest BCUT2D eigenvalue weighted by Gasteiger charge is -2.04. The van der Waals surface area contributed by atoms with Crippen molar-refractivity contribution in [2.24, 2.45) is 0 Å². The summed E-state index contributed by atoms with van der Waals surface area (Å²) in [6.07, 6.45) is 0. The molecular formula is C15H12ClNS. The highest BCUT2D eigenvalue weighted by molar-refractivity contribution is 7.98. The molecule has 2 aromatic rings. The Bertz CT molecular complexity index is 602. The van der Waals surface area contributed by atoms with Gasteiger partial charge in [0, 0.05) is 10.6 Å². The van der Waals surface area contributed by atoms with Crippen molar-refractivity contribution < 1.29 is 0 Å². The molecule has 2 rings (SSSR count). The van der Waals surface area contributed by atoms with E-state index in [1.54, 1.807) is 17.8 Å². The van der Waals surface area contributed by atoms with E-state index in [4.69, 9.17) is 16.9 Å². The molecule has 18 heavy (non-hydrogen) atoms. The van der Waals surface area contributed by atoms with Crippen molar-refractivity contribution in [2.75, 3.05) is 0 Å². The van der Waals surface area contributed by atoms with Crippen molar-refractivity contribution in [1.82, 2.24) is 0 Å². The van der Waals surface area contributed by atoms with E-state index in [1.807, 2.05) is 12.1 Å². The molecule has 0 radical (unpaired) electrons. The predicted octanol–water partition coefficient (Wildman–Crippen LogP) is 4.81. The van der Waals surface area contributed by atoms with Gasteiger partial charge in [0.15, 0.2) is 0 Å². The van der Waals surface area contributed by atoms with Gasteiger partial charge < -0.3 is 0 Å². The fourth-order valence-corrected chi connectivity index (χ4v) is 2.81. The van der Waals surface area contributed by atoms with Crippen LogP contribution in [0.3, 0.4) is 0 Å². The average Bonchev–Trinajstić information content (AvgIpc) is 2.37. The summed E-state index contributed by atoms with van der Waals surface area (Å²) in [6.45, 7) is 2.09. The molecule has 3 heteroatoms. The minimum atomic E-state index is 0.520.